The summed E-state index contributed by atoms with van der Waals surface area (Å²) in [5.41, 5.74) is 1.51. The number of ether oxygens (including phenoxy) is 1. The molecule has 1 aromatic rings. The summed E-state index contributed by atoms with van der Waals surface area (Å²) in [5, 5.41) is 2.94. The predicted molar refractivity (Wildman–Crippen MR) is 102 cm³/mol. The molecule has 1 saturated carbocycles. The number of hydrogen-bond acceptors (Lipinski definition) is 3. The molecule has 0 spiro atoms. The van der Waals surface area contributed by atoms with Crippen molar-refractivity contribution >= 4 is 17.5 Å². The van der Waals surface area contributed by atoms with Gasteiger partial charge >= 0.3 is 0 Å². The maximum Gasteiger partial charge on any atom is 0.251 e. The Hall–Kier alpha value is -1.88. The largest absolute Gasteiger partial charge is 0.378 e. The lowest BCUT2D eigenvalue weighted by atomic mass is 9.98. The van der Waals surface area contributed by atoms with Gasteiger partial charge in [-0.1, -0.05) is 19.3 Å². The van der Waals surface area contributed by atoms with E-state index in [-0.39, 0.29) is 11.8 Å². The van der Waals surface area contributed by atoms with Crippen LogP contribution in [0.15, 0.2) is 24.3 Å². The Balaban J connectivity index is 1.38. The molecular formula is C21H30N2O3. The van der Waals surface area contributed by atoms with E-state index in [1.165, 1.54) is 32.1 Å². The van der Waals surface area contributed by atoms with Gasteiger partial charge in [0.2, 0.25) is 5.91 Å². The fourth-order valence-corrected chi connectivity index (χ4v) is 3.73. The van der Waals surface area contributed by atoms with Gasteiger partial charge in [-0.3, -0.25) is 9.59 Å². The van der Waals surface area contributed by atoms with E-state index in [1.807, 2.05) is 17.0 Å². The lowest BCUT2D eigenvalue weighted by Crippen LogP contribution is -2.35. The molecule has 0 atom stereocenters. The number of amides is 2. The van der Waals surface area contributed by atoms with E-state index < -0.39 is 0 Å². The number of carbonyl (C=O) groups excluding carboxylic acids is 2. The zero-order chi connectivity index (χ0) is 18.2. The molecule has 1 aliphatic carbocycles. The van der Waals surface area contributed by atoms with E-state index in [0.717, 1.165) is 31.5 Å². The van der Waals surface area contributed by atoms with Crippen LogP contribution in [0.5, 0.6) is 0 Å². The van der Waals surface area contributed by atoms with Crippen LogP contribution >= 0.6 is 0 Å². The van der Waals surface area contributed by atoms with Gasteiger partial charge in [0.05, 0.1) is 6.10 Å². The molecule has 5 nitrogen and oxygen atoms in total. The quantitative estimate of drug-likeness (QED) is 0.757. The molecule has 3 rings (SSSR count). The first-order chi connectivity index (χ1) is 12.7. The Morgan fingerprint density at radius 1 is 1.08 bits per heavy atom. The summed E-state index contributed by atoms with van der Waals surface area (Å²) in [6.07, 6.45) is 10.1. The van der Waals surface area contributed by atoms with Crippen LogP contribution in [0.1, 0.15) is 68.1 Å². The second kappa shape index (κ2) is 9.72. The third-order valence-corrected chi connectivity index (χ3v) is 5.28. The minimum absolute atomic E-state index is 0.0702. The number of rotatable bonds is 7. The van der Waals surface area contributed by atoms with Crippen molar-refractivity contribution in [2.75, 3.05) is 24.6 Å². The fourth-order valence-electron chi connectivity index (χ4n) is 3.73. The summed E-state index contributed by atoms with van der Waals surface area (Å²) in [7, 11) is 0. The number of anilines is 1. The molecule has 0 aromatic heterocycles. The monoisotopic (exact) mass is 358 g/mol. The highest BCUT2D eigenvalue weighted by Crippen LogP contribution is 2.21. The minimum Gasteiger partial charge on any atom is -0.378 e. The SMILES string of the molecule is O=C(NCCCOC1CCCCC1)c1ccc(N2CCCCC2=O)cc1. The second-order valence-corrected chi connectivity index (χ2v) is 7.29. The first-order valence-electron chi connectivity index (χ1n) is 10.0. The van der Waals surface area contributed by atoms with Crippen LogP contribution in [0.3, 0.4) is 0 Å². The van der Waals surface area contributed by atoms with Gasteiger partial charge < -0.3 is 15.0 Å². The van der Waals surface area contributed by atoms with Crippen LogP contribution in [-0.4, -0.2) is 37.6 Å². The number of hydrogen-bond donors (Lipinski definition) is 1. The Morgan fingerprint density at radius 2 is 1.85 bits per heavy atom. The molecule has 0 bridgehead atoms. The Morgan fingerprint density at radius 3 is 2.58 bits per heavy atom. The van der Waals surface area contributed by atoms with Crippen LogP contribution in [-0.2, 0) is 9.53 Å². The van der Waals surface area contributed by atoms with E-state index in [1.54, 1.807) is 12.1 Å². The zero-order valence-corrected chi connectivity index (χ0v) is 15.5. The van der Waals surface area contributed by atoms with Gasteiger partial charge in [-0.05, 0) is 56.4 Å². The molecular weight excluding hydrogens is 328 g/mol. The zero-order valence-electron chi connectivity index (χ0n) is 15.5. The van der Waals surface area contributed by atoms with Gasteiger partial charge in [0, 0.05) is 37.4 Å². The summed E-state index contributed by atoms with van der Waals surface area (Å²) in [4.78, 5) is 26.0. The minimum atomic E-state index is -0.0702. The average Bonchev–Trinajstić information content (AvgIpc) is 2.69. The molecule has 2 fully saturated rings. The lowest BCUT2D eigenvalue weighted by Gasteiger charge is -2.26. The summed E-state index contributed by atoms with van der Waals surface area (Å²) in [6, 6.07) is 7.32. The van der Waals surface area contributed by atoms with E-state index in [9.17, 15) is 9.59 Å². The molecule has 1 aromatic carbocycles. The van der Waals surface area contributed by atoms with Gasteiger partial charge in [0.1, 0.15) is 0 Å². The maximum atomic E-state index is 12.2. The molecule has 2 aliphatic rings. The van der Waals surface area contributed by atoms with Crippen LogP contribution < -0.4 is 10.2 Å². The lowest BCUT2D eigenvalue weighted by molar-refractivity contribution is -0.119. The summed E-state index contributed by atoms with van der Waals surface area (Å²) in [6.45, 7) is 2.10. The molecule has 0 radical (unpaired) electrons. The molecule has 26 heavy (non-hydrogen) atoms. The summed E-state index contributed by atoms with van der Waals surface area (Å²) in [5.74, 6) is 0.102. The van der Waals surface area contributed by atoms with E-state index in [0.29, 0.717) is 31.2 Å². The highest BCUT2D eigenvalue weighted by molar-refractivity contribution is 5.96. The van der Waals surface area contributed by atoms with E-state index >= 15 is 0 Å². The molecule has 1 aliphatic heterocycles. The van der Waals surface area contributed by atoms with Crippen LogP contribution in [0, 0.1) is 0 Å². The van der Waals surface area contributed by atoms with Crippen LogP contribution in [0.2, 0.25) is 0 Å². The number of nitrogens with one attached hydrogen (secondary N) is 1. The molecule has 1 N–H and O–H groups in total. The Kier molecular flexibility index (Phi) is 7.06. The number of piperidine rings is 1. The first kappa shape index (κ1) is 18.9. The van der Waals surface area contributed by atoms with Crippen molar-refractivity contribution in [2.24, 2.45) is 0 Å². The third kappa shape index (κ3) is 5.31. The third-order valence-electron chi connectivity index (χ3n) is 5.28. The summed E-state index contributed by atoms with van der Waals surface area (Å²) >= 11 is 0. The van der Waals surface area contributed by atoms with Crippen molar-refractivity contribution in [3.63, 3.8) is 0 Å². The Labute approximate surface area is 156 Å². The standard InChI is InChI=1S/C21H30N2O3/c24-20-9-4-5-15-23(20)18-12-10-17(11-13-18)21(25)22-14-6-16-26-19-7-2-1-3-8-19/h10-13,19H,1-9,14-16H2,(H,22,25). The van der Waals surface area contributed by atoms with Crippen molar-refractivity contribution in [1.29, 1.82) is 0 Å². The van der Waals surface area contributed by atoms with Crippen molar-refractivity contribution in [2.45, 2.75) is 63.9 Å². The van der Waals surface area contributed by atoms with Crippen molar-refractivity contribution < 1.29 is 14.3 Å². The summed E-state index contributed by atoms with van der Waals surface area (Å²) < 4.78 is 5.87. The number of carbonyl (C=O) groups is 2. The normalized spacial score (nSPS) is 18.8. The highest BCUT2D eigenvalue weighted by Gasteiger charge is 2.19. The van der Waals surface area contributed by atoms with Gasteiger partial charge in [-0.2, -0.15) is 0 Å². The van der Waals surface area contributed by atoms with Crippen LogP contribution in [0.25, 0.3) is 0 Å². The molecule has 1 saturated heterocycles. The van der Waals surface area contributed by atoms with E-state index in [2.05, 4.69) is 5.32 Å². The van der Waals surface area contributed by atoms with Crippen LogP contribution in [0.4, 0.5) is 5.69 Å². The molecule has 2 amide bonds. The second-order valence-electron chi connectivity index (χ2n) is 7.29. The van der Waals surface area contributed by atoms with Crippen molar-refractivity contribution in [1.82, 2.24) is 5.32 Å². The average molecular weight is 358 g/mol. The molecule has 0 unspecified atom stereocenters. The van der Waals surface area contributed by atoms with Crippen molar-refractivity contribution in [3.8, 4) is 0 Å². The predicted octanol–water partition coefficient (Wildman–Crippen LogP) is 3.67. The highest BCUT2D eigenvalue weighted by atomic mass is 16.5. The molecule has 1 heterocycles. The van der Waals surface area contributed by atoms with E-state index in [4.69, 9.17) is 4.74 Å². The number of benzene rings is 1. The van der Waals surface area contributed by atoms with Gasteiger partial charge in [-0.15, -0.1) is 0 Å². The molecule has 142 valence electrons. The fraction of sp³-hybridized carbons (Fsp3) is 0.619. The van der Waals surface area contributed by atoms with Gasteiger partial charge in [-0.25, -0.2) is 0 Å². The Bertz CT molecular complexity index is 594. The van der Waals surface area contributed by atoms with Gasteiger partial charge in [0.25, 0.3) is 5.91 Å². The molecule has 5 heteroatoms. The van der Waals surface area contributed by atoms with Gasteiger partial charge in [0.15, 0.2) is 0 Å². The topological polar surface area (TPSA) is 58.6 Å². The first-order valence-corrected chi connectivity index (χ1v) is 10.0. The number of nitrogens with zero attached hydrogens (tertiary/aromatic N) is 1. The maximum absolute atomic E-state index is 12.2. The van der Waals surface area contributed by atoms with Crippen molar-refractivity contribution in [3.05, 3.63) is 29.8 Å². The smallest absolute Gasteiger partial charge is 0.251 e.